The minimum absolute atomic E-state index is 0.136. The van der Waals surface area contributed by atoms with Crippen molar-refractivity contribution in [3.05, 3.63) is 40.7 Å². The van der Waals surface area contributed by atoms with E-state index in [2.05, 4.69) is 9.97 Å². The molecule has 17 heavy (non-hydrogen) atoms. The van der Waals surface area contributed by atoms with E-state index < -0.39 is 0 Å². The minimum atomic E-state index is -0.386. The van der Waals surface area contributed by atoms with E-state index in [1.165, 1.54) is 17.4 Å². The lowest BCUT2D eigenvalue weighted by Crippen LogP contribution is -1.80. The summed E-state index contributed by atoms with van der Waals surface area (Å²) in [6, 6.07) is 5.12. The van der Waals surface area contributed by atoms with E-state index in [4.69, 9.17) is 0 Å². The fraction of sp³-hybridized carbons (Fsp3) is 0. The van der Waals surface area contributed by atoms with E-state index in [0.29, 0.717) is 0 Å². The van der Waals surface area contributed by atoms with E-state index in [1.807, 2.05) is 6.07 Å². The van der Waals surface area contributed by atoms with Gasteiger partial charge in [0.2, 0.25) is 0 Å². The summed E-state index contributed by atoms with van der Waals surface area (Å²) in [7, 11) is 0. The highest BCUT2D eigenvalue weighted by molar-refractivity contribution is 7.26. The summed E-state index contributed by atoms with van der Waals surface area (Å²) in [6.07, 6.45) is 3.40. The van der Waals surface area contributed by atoms with Crippen molar-refractivity contribution in [3.8, 4) is 9.88 Å². The number of aromatic nitrogens is 2. The van der Waals surface area contributed by atoms with Crippen LogP contribution < -0.4 is 0 Å². The van der Waals surface area contributed by atoms with Crippen LogP contribution in [0.1, 0.15) is 0 Å². The van der Waals surface area contributed by atoms with E-state index in [-0.39, 0.29) is 9.92 Å². The Labute approximate surface area is 104 Å². The van der Waals surface area contributed by atoms with Gasteiger partial charge in [0, 0.05) is 12.3 Å². The Morgan fingerprint density at radius 3 is 2.82 bits per heavy atom. The summed E-state index contributed by atoms with van der Waals surface area (Å²) >= 11 is 2.65. The van der Waals surface area contributed by atoms with Crippen molar-refractivity contribution in [1.29, 1.82) is 0 Å². The molecule has 5 nitrogen and oxygen atoms in total. The van der Waals surface area contributed by atoms with E-state index in [9.17, 15) is 10.1 Å². The fourth-order valence-corrected chi connectivity index (χ4v) is 3.23. The van der Waals surface area contributed by atoms with Crippen LogP contribution in [0.25, 0.3) is 20.1 Å². The molecular formula is C10H5N3O2S2. The van der Waals surface area contributed by atoms with Gasteiger partial charge in [0.15, 0.2) is 0 Å². The monoisotopic (exact) mass is 263 g/mol. The third kappa shape index (κ3) is 1.79. The van der Waals surface area contributed by atoms with Crippen LogP contribution in [-0.2, 0) is 0 Å². The summed E-state index contributed by atoms with van der Waals surface area (Å²) < 4.78 is 1.03. The molecule has 0 saturated heterocycles. The summed E-state index contributed by atoms with van der Waals surface area (Å²) in [5.41, 5.74) is 0.823. The number of rotatable bonds is 2. The van der Waals surface area contributed by atoms with Crippen molar-refractivity contribution in [2.75, 3.05) is 0 Å². The number of nitro groups is 1. The molecule has 0 unspecified atom stereocenters. The molecule has 3 heterocycles. The Balaban J connectivity index is 2.10. The highest BCUT2D eigenvalue weighted by Crippen LogP contribution is 2.36. The zero-order chi connectivity index (χ0) is 11.8. The molecule has 0 radical (unpaired) electrons. The van der Waals surface area contributed by atoms with Crippen LogP contribution in [0.15, 0.2) is 30.6 Å². The van der Waals surface area contributed by atoms with Crippen LogP contribution >= 0.6 is 22.7 Å². The second-order valence-electron chi connectivity index (χ2n) is 3.26. The number of thiophene rings is 1. The number of fused-ring (bicyclic) bond motifs is 1. The molecule has 3 aromatic heterocycles. The SMILES string of the molecule is O=[N+]([O-])c1ccc(-c2nc3cnccc3s2)s1. The Hall–Kier alpha value is -1.86. The first-order valence-corrected chi connectivity index (χ1v) is 6.32. The Morgan fingerprint density at radius 1 is 1.24 bits per heavy atom. The van der Waals surface area contributed by atoms with Crippen LogP contribution in [0.3, 0.4) is 0 Å². The molecule has 0 bridgehead atoms. The smallest absolute Gasteiger partial charge is 0.262 e. The second-order valence-corrected chi connectivity index (χ2v) is 5.35. The predicted molar refractivity (Wildman–Crippen MR) is 67.4 cm³/mol. The lowest BCUT2D eigenvalue weighted by Gasteiger charge is -1.84. The first-order valence-electron chi connectivity index (χ1n) is 4.69. The minimum Gasteiger partial charge on any atom is -0.262 e. The van der Waals surface area contributed by atoms with Gasteiger partial charge in [-0.2, -0.15) is 0 Å². The highest BCUT2D eigenvalue weighted by atomic mass is 32.1. The van der Waals surface area contributed by atoms with E-state index in [1.54, 1.807) is 18.5 Å². The molecule has 0 N–H and O–H groups in total. The van der Waals surface area contributed by atoms with Crippen LogP contribution in [0.2, 0.25) is 0 Å². The molecule has 84 valence electrons. The topological polar surface area (TPSA) is 68.9 Å². The average molecular weight is 263 g/mol. The van der Waals surface area contributed by atoms with Crippen LogP contribution in [0.4, 0.5) is 5.00 Å². The zero-order valence-electron chi connectivity index (χ0n) is 8.36. The van der Waals surface area contributed by atoms with E-state index in [0.717, 1.165) is 31.4 Å². The fourth-order valence-electron chi connectivity index (χ4n) is 1.43. The van der Waals surface area contributed by atoms with Crippen molar-refractivity contribution in [1.82, 2.24) is 9.97 Å². The molecule has 7 heteroatoms. The highest BCUT2D eigenvalue weighted by Gasteiger charge is 2.14. The third-order valence-corrected chi connectivity index (χ3v) is 4.41. The van der Waals surface area contributed by atoms with Gasteiger partial charge in [-0.15, -0.1) is 11.3 Å². The van der Waals surface area contributed by atoms with Crippen molar-refractivity contribution in [2.45, 2.75) is 0 Å². The summed E-state index contributed by atoms with van der Waals surface area (Å²) in [5, 5.41) is 11.5. The molecular weight excluding hydrogens is 258 g/mol. The first kappa shape index (κ1) is 10.3. The molecule has 0 aliphatic carbocycles. The molecule has 0 aliphatic heterocycles. The Kier molecular flexibility index (Phi) is 2.34. The van der Waals surface area contributed by atoms with Crippen molar-refractivity contribution < 1.29 is 4.92 Å². The molecule has 0 saturated carbocycles. The van der Waals surface area contributed by atoms with Gasteiger partial charge in [0.05, 0.1) is 20.7 Å². The molecule has 3 aromatic rings. The Morgan fingerprint density at radius 2 is 2.12 bits per heavy atom. The maximum absolute atomic E-state index is 10.6. The summed E-state index contributed by atoms with van der Waals surface area (Å²) in [5.74, 6) is 0. The molecule has 0 amide bonds. The van der Waals surface area contributed by atoms with E-state index >= 15 is 0 Å². The van der Waals surface area contributed by atoms with Crippen molar-refractivity contribution >= 4 is 37.9 Å². The molecule has 0 atom stereocenters. The number of hydrogen-bond donors (Lipinski definition) is 0. The van der Waals surface area contributed by atoms with Crippen LogP contribution in [0.5, 0.6) is 0 Å². The average Bonchev–Trinajstić information content (AvgIpc) is 2.95. The second kappa shape index (κ2) is 3.86. The largest absolute Gasteiger partial charge is 0.324 e. The molecule has 0 spiro atoms. The van der Waals surface area contributed by atoms with Crippen molar-refractivity contribution in [2.24, 2.45) is 0 Å². The standard InChI is InChI=1S/C10H5N3O2S2/c14-13(15)9-2-1-8(16-9)10-12-6-5-11-4-3-7(6)17-10/h1-5H. The number of thiazole rings is 1. The third-order valence-electron chi connectivity index (χ3n) is 2.17. The molecule has 0 fully saturated rings. The summed E-state index contributed by atoms with van der Waals surface area (Å²) in [4.78, 5) is 19.4. The van der Waals surface area contributed by atoms with Gasteiger partial charge in [-0.25, -0.2) is 4.98 Å². The van der Waals surface area contributed by atoms with Crippen molar-refractivity contribution in [3.63, 3.8) is 0 Å². The molecule has 0 aromatic carbocycles. The zero-order valence-corrected chi connectivity index (χ0v) is 9.99. The lowest BCUT2D eigenvalue weighted by atomic mass is 10.4. The van der Waals surface area contributed by atoms with Crippen LogP contribution in [-0.4, -0.2) is 14.9 Å². The van der Waals surface area contributed by atoms with Gasteiger partial charge >= 0.3 is 5.00 Å². The Bertz CT molecular complexity index is 671. The predicted octanol–water partition coefficient (Wildman–Crippen LogP) is 3.33. The number of nitrogens with zero attached hydrogens (tertiary/aromatic N) is 3. The van der Waals surface area contributed by atoms with Gasteiger partial charge in [0.25, 0.3) is 0 Å². The van der Waals surface area contributed by atoms with Gasteiger partial charge in [-0.3, -0.25) is 15.1 Å². The van der Waals surface area contributed by atoms with Gasteiger partial charge < -0.3 is 0 Å². The van der Waals surface area contributed by atoms with Gasteiger partial charge in [-0.1, -0.05) is 11.3 Å². The lowest BCUT2D eigenvalue weighted by molar-refractivity contribution is -0.380. The van der Waals surface area contributed by atoms with Gasteiger partial charge in [-0.05, 0) is 12.1 Å². The van der Waals surface area contributed by atoms with Crippen LogP contribution in [0, 0.1) is 10.1 Å². The number of pyridine rings is 1. The quantitative estimate of drug-likeness (QED) is 0.525. The normalized spacial score (nSPS) is 10.8. The maximum atomic E-state index is 10.6. The first-order chi connectivity index (χ1) is 8.24. The van der Waals surface area contributed by atoms with Gasteiger partial charge in [0.1, 0.15) is 10.5 Å². The number of hydrogen-bond acceptors (Lipinski definition) is 6. The summed E-state index contributed by atoms with van der Waals surface area (Å²) in [6.45, 7) is 0. The maximum Gasteiger partial charge on any atom is 0.324 e. The molecule has 3 rings (SSSR count). The molecule has 0 aliphatic rings.